The SMILES string of the molecule is Cc1ccc(NC(=O)CSc2nc3sccc3c(=O)n2C)cc1S(=O)(=O)N(C)C. The first-order valence-corrected chi connectivity index (χ1v) is 11.8. The number of thioether (sulfide) groups is 1. The van der Waals surface area contributed by atoms with E-state index in [0.29, 0.717) is 26.6 Å². The maximum atomic E-state index is 12.4. The van der Waals surface area contributed by atoms with E-state index in [-0.39, 0.29) is 22.1 Å². The van der Waals surface area contributed by atoms with Crippen LogP contribution < -0.4 is 10.9 Å². The number of hydrogen-bond acceptors (Lipinski definition) is 7. The van der Waals surface area contributed by atoms with Gasteiger partial charge in [0.2, 0.25) is 15.9 Å². The molecule has 0 atom stereocenters. The Bertz CT molecular complexity index is 1250. The Hall–Kier alpha value is -2.21. The number of aromatic nitrogens is 2. The lowest BCUT2D eigenvalue weighted by Gasteiger charge is -2.15. The van der Waals surface area contributed by atoms with Crippen molar-refractivity contribution in [3.8, 4) is 0 Å². The number of hydrogen-bond donors (Lipinski definition) is 1. The van der Waals surface area contributed by atoms with Crippen LogP contribution in [-0.4, -0.2) is 48.0 Å². The number of thiophene rings is 1. The molecule has 0 spiro atoms. The fraction of sp³-hybridized carbons (Fsp3) is 0.278. The molecule has 11 heteroatoms. The third kappa shape index (κ3) is 4.37. The van der Waals surface area contributed by atoms with Crippen LogP contribution in [0.1, 0.15) is 5.56 Å². The van der Waals surface area contributed by atoms with Crippen molar-refractivity contribution in [1.82, 2.24) is 13.9 Å². The second-order valence-corrected chi connectivity index (χ2v) is 10.5. The van der Waals surface area contributed by atoms with E-state index in [4.69, 9.17) is 0 Å². The van der Waals surface area contributed by atoms with Crippen molar-refractivity contribution in [3.05, 3.63) is 45.6 Å². The zero-order chi connectivity index (χ0) is 21.3. The van der Waals surface area contributed by atoms with E-state index in [1.807, 2.05) is 0 Å². The minimum absolute atomic E-state index is 0.0286. The van der Waals surface area contributed by atoms with Gasteiger partial charge >= 0.3 is 0 Å². The predicted octanol–water partition coefficient (Wildman–Crippen LogP) is 2.28. The van der Waals surface area contributed by atoms with Crippen molar-refractivity contribution in [1.29, 1.82) is 0 Å². The van der Waals surface area contributed by atoms with Crippen molar-refractivity contribution in [2.24, 2.45) is 7.05 Å². The molecule has 3 rings (SSSR count). The number of carbonyl (C=O) groups is 1. The van der Waals surface area contributed by atoms with E-state index in [1.54, 1.807) is 37.6 Å². The van der Waals surface area contributed by atoms with E-state index in [1.165, 1.54) is 36.1 Å². The summed E-state index contributed by atoms with van der Waals surface area (Å²) in [5.41, 5.74) is 0.822. The quantitative estimate of drug-likeness (QED) is 0.455. The van der Waals surface area contributed by atoms with Gasteiger partial charge in [-0.25, -0.2) is 17.7 Å². The van der Waals surface area contributed by atoms with Gasteiger partial charge < -0.3 is 5.32 Å². The average Bonchev–Trinajstić information content (AvgIpc) is 3.13. The van der Waals surface area contributed by atoms with E-state index in [0.717, 1.165) is 16.1 Å². The standard InChI is InChI=1S/C18H20N4O4S3/c1-11-5-6-12(9-14(11)29(25,26)21(2)3)19-15(23)10-28-18-20-16-13(7-8-27-16)17(24)22(18)4/h5-9H,10H2,1-4H3,(H,19,23). The highest BCUT2D eigenvalue weighted by Gasteiger charge is 2.20. The van der Waals surface area contributed by atoms with Gasteiger partial charge in [-0.3, -0.25) is 14.2 Å². The van der Waals surface area contributed by atoms with Gasteiger partial charge in [0, 0.05) is 26.8 Å². The van der Waals surface area contributed by atoms with Crippen molar-refractivity contribution in [2.45, 2.75) is 17.0 Å². The first-order valence-electron chi connectivity index (χ1n) is 8.51. The van der Waals surface area contributed by atoms with Crippen LogP contribution in [-0.2, 0) is 21.9 Å². The van der Waals surface area contributed by atoms with E-state index in [2.05, 4.69) is 10.3 Å². The van der Waals surface area contributed by atoms with Crippen LogP contribution in [0.25, 0.3) is 10.2 Å². The molecule has 0 fully saturated rings. The third-order valence-electron chi connectivity index (χ3n) is 4.23. The van der Waals surface area contributed by atoms with Crippen LogP contribution in [0.5, 0.6) is 0 Å². The Balaban J connectivity index is 1.75. The number of fused-ring (bicyclic) bond motifs is 1. The van der Waals surface area contributed by atoms with Gasteiger partial charge in [0.05, 0.1) is 16.0 Å². The van der Waals surface area contributed by atoms with Crippen LogP contribution in [0.15, 0.2) is 44.5 Å². The molecule has 0 aliphatic carbocycles. The summed E-state index contributed by atoms with van der Waals surface area (Å²) < 4.78 is 27.4. The largest absolute Gasteiger partial charge is 0.325 e. The van der Waals surface area contributed by atoms with E-state index < -0.39 is 10.0 Å². The van der Waals surface area contributed by atoms with Gasteiger partial charge in [0.25, 0.3) is 5.56 Å². The van der Waals surface area contributed by atoms with Crippen LogP contribution in [0, 0.1) is 6.92 Å². The fourth-order valence-electron chi connectivity index (χ4n) is 2.59. The molecule has 0 saturated heterocycles. The summed E-state index contributed by atoms with van der Waals surface area (Å²) in [6, 6.07) is 6.47. The fourth-order valence-corrected chi connectivity index (χ4v) is 5.31. The maximum absolute atomic E-state index is 12.4. The van der Waals surface area contributed by atoms with Gasteiger partial charge in [-0.1, -0.05) is 17.8 Å². The van der Waals surface area contributed by atoms with Gasteiger partial charge in [-0.2, -0.15) is 0 Å². The molecule has 8 nitrogen and oxygen atoms in total. The zero-order valence-corrected chi connectivity index (χ0v) is 18.7. The average molecular weight is 453 g/mol. The highest BCUT2D eigenvalue weighted by molar-refractivity contribution is 7.99. The molecule has 154 valence electrons. The Kier molecular flexibility index (Phi) is 6.13. The Morgan fingerprint density at radius 1 is 1.31 bits per heavy atom. The Morgan fingerprint density at radius 2 is 2.03 bits per heavy atom. The number of rotatable bonds is 6. The lowest BCUT2D eigenvalue weighted by atomic mass is 10.2. The summed E-state index contributed by atoms with van der Waals surface area (Å²) >= 11 is 2.51. The van der Waals surface area contributed by atoms with Crippen LogP contribution >= 0.6 is 23.1 Å². The lowest BCUT2D eigenvalue weighted by molar-refractivity contribution is -0.113. The molecule has 0 saturated carbocycles. The highest BCUT2D eigenvalue weighted by Crippen LogP contribution is 2.24. The minimum atomic E-state index is -3.62. The van der Waals surface area contributed by atoms with Gasteiger partial charge in [-0.15, -0.1) is 11.3 Å². The maximum Gasteiger partial charge on any atom is 0.262 e. The second kappa shape index (κ2) is 8.27. The number of nitrogens with zero attached hydrogens (tertiary/aromatic N) is 3. The summed E-state index contributed by atoms with van der Waals surface area (Å²) in [5, 5.41) is 5.50. The number of carbonyl (C=O) groups excluding carboxylic acids is 1. The molecule has 1 aromatic carbocycles. The summed E-state index contributed by atoms with van der Waals surface area (Å²) in [7, 11) is 0.913. The number of amides is 1. The van der Waals surface area contributed by atoms with E-state index >= 15 is 0 Å². The highest BCUT2D eigenvalue weighted by atomic mass is 32.2. The summed E-state index contributed by atoms with van der Waals surface area (Å²) in [6.45, 7) is 1.70. The van der Waals surface area contributed by atoms with Crippen LogP contribution in [0.4, 0.5) is 5.69 Å². The van der Waals surface area contributed by atoms with Crippen molar-refractivity contribution >= 4 is 54.9 Å². The first kappa shape index (κ1) is 21.5. The zero-order valence-electron chi connectivity index (χ0n) is 16.3. The van der Waals surface area contributed by atoms with Crippen LogP contribution in [0.3, 0.4) is 0 Å². The molecular formula is C18H20N4O4S3. The van der Waals surface area contributed by atoms with Gasteiger partial charge in [0.15, 0.2) is 5.16 Å². The molecule has 0 bridgehead atoms. The molecule has 1 amide bonds. The monoisotopic (exact) mass is 452 g/mol. The number of benzene rings is 1. The third-order valence-corrected chi connectivity index (χ3v) is 8.02. The molecule has 0 radical (unpaired) electrons. The topological polar surface area (TPSA) is 101 Å². The smallest absolute Gasteiger partial charge is 0.262 e. The number of sulfonamides is 1. The number of nitrogens with one attached hydrogen (secondary N) is 1. The molecule has 3 aromatic rings. The van der Waals surface area contributed by atoms with Crippen molar-refractivity contribution < 1.29 is 13.2 Å². The number of anilines is 1. The minimum Gasteiger partial charge on any atom is -0.325 e. The molecule has 0 unspecified atom stereocenters. The Labute approximate surface area is 176 Å². The molecule has 0 aliphatic rings. The van der Waals surface area contributed by atoms with Gasteiger partial charge in [-0.05, 0) is 36.1 Å². The van der Waals surface area contributed by atoms with Gasteiger partial charge in [0.1, 0.15) is 4.83 Å². The summed E-state index contributed by atoms with van der Waals surface area (Å²) in [5.74, 6) is -0.298. The van der Waals surface area contributed by atoms with E-state index in [9.17, 15) is 18.0 Å². The molecule has 29 heavy (non-hydrogen) atoms. The molecule has 2 aromatic heterocycles. The Morgan fingerprint density at radius 3 is 2.72 bits per heavy atom. The lowest BCUT2D eigenvalue weighted by Crippen LogP contribution is -2.23. The van der Waals surface area contributed by atoms with Crippen LogP contribution in [0.2, 0.25) is 0 Å². The summed E-state index contributed by atoms with van der Waals surface area (Å²) in [6.07, 6.45) is 0. The molecule has 1 N–H and O–H groups in total. The first-order chi connectivity index (χ1) is 13.6. The normalized spacial score (nSPS) is 11.9. The molecule has 2 heterocycles. The summed E-state index contributed by atoms with van der Waals surface area (Å²) in [4.78, 5) is 29.9. The van der Waals surface area contributed by atoms with Crippen molar-refractivity contribution in [2.75, 3.05) is 25.2 Å². The second-order valence-electron chi connectivity index (χ2n) is 6.50. The number of aryl methyl sites for hydroxylation is 1. The molecular weight excluding hydrogens is 432 g/mol. The predicted molar refractivity (Wildman–Crippen MR) is 116 cm³/mol. The van der Waals surface area contributed by atoms with Crippen molar-refractivity contribution in [3.63, 3.8) is 0 Å². The molecule has 0 aliphatic heterocycles.